The van der Waals surface area contributed by atoms with Crippen molar-refractivity contribution in [1.29, 1.82) is 0 Å². The van der Waals surface area contributed by atoms with Crippen LogP contribution in [0.25, 0.3) is 0 Å². The number of anilines is 1. The van der Waals surface area contributed by atoms with Crippen LogP contribution in [0.1, 0.15) is 45.6 Å². The summed E-state index contributed by atoms with van der Waals surface area (Å²) in [6, 6.07) is 18.7. The zero-order valence-corrected chi connectivity index (χ0v) is 16.5. The standard InChI is InChI=1S/C25H22N2O2/c1-18-9-10-19(2)23(16-18)24(28)13-14-25(29)27-22-8-5-6-20(17-22)11-12-21-7-3-4-15-26-21/h3-10,15-17H,13-14H2,1-2H3,(H,27,29). The van der Waals surface area contributed by atoms with Gasteiger partial charge in [-0.1, -0.05) is 35.7 Å². The highest BCUT2D eigenvalue weighted by molar-refractivity contribution is 6.01. The third-order valence-corrected chi connectivity index (χ3v) is 4.42. The number of pyridine rings is 1. The summed E-state index contributed by atoms with van der Waals surface area (Å²) in [5, 5.41) is 2.84. The Morgan fingerprint density at radius 1 is 0.931 bits per heavy atom. The van der Waals surface area contributed by atoms with E-state index in [0.717, 1.165) is 16.7 Å². The van der Waals surface area contributed by atoms with Crippen LogP contribution >= 0.6 is 0 Å². The largest absolute Gasteiger partial charge is 0.326 e. The second-order valence-electron chi connectivity index (χ2n) is 6.84. The molecule has 0 aliphatic heterocycles. The monoisotopic (exact) mass is 382 g/mol. The summed E-state index contributed by atoms with van der Waals surface area (Å²) in [5.41, 5.74) is 4.77. The van der Waals surface area contributed by atoms with Crippen LogP contribution in [0.2, 0.25) is 0 Å². The number of carbonyl (C=O) groups is 2. The molecule has 1 N–H and O–H groups in total. The zero-order valence-electron chi connectivity index (χ0n) is 16.5. The highest BCUT2D eigenvalue weighted by Gasteiger charge is 2.12. The van der Waals surface area contributed by atoms with Crippen LogP contribution in [0, 0.1) is 25.7 Å². The van der Waals surface area contributed by atoms with Gasteiger partial charge in [-0.15, -0.1) is 0 Å². The summed E-state index contributed by atoms with van der Waals surface area (Å²) in [6.07, 6.45) is 2.01. The van der Waals surface area contributed by atoms with Gasteiger partial charge in [0.1, 0.15) is 5.69 Å². The van der Waals surface area contributed by atoms with Gasteiger partial charge >= 0.3 is 0 Å². The molecule has 1 heterocycles. The Hall–Kier alpha value is -3.71. The number of nitrogens with zero attached hydrogens (tertiary/aromatic N) is 1. The number of amides is 1. The van der Waals surface area contributed by atoms with Crippen molar-refractivity contribution in [2.24, 2.45) is 0 Å². The molecule has 1 amide bonds. The molecule has 0 fully saturated rings. The van der Waals surface area contributed by atoms with E-state index in [1.807, 2.05) is 62.4 Å². The van der Waals surface area contributed by atoms with Gasteiger partial charge in [0.15, 0.2) is 5.78 Å². The van der Waals surface area contributed by atoms with Crippen LogP contribution in [0.3, 0.4) is 0 Å². The van der Waals surface area contributed by atoms with Crippen LogP contribution in [0.4, 0.5) is 5.69 Å². The van der Waals surface area contributed by atoms with Crippen LogP contribution in [-0.4, -0.2) is 16.7 Å². The molecule has 2 aromatic carbocycles. The second-order valence-corrected chi connectivity index (χ2v) is 6.84. The van der Waals surface area contributed by atoms with E-state index in [1.54, 1.807) is 18.3 Å². The summed E-state index contributed by atoms with van der Waals surface area (Å²) in [6.45, 7) is 3.86. The molecule has 4 nitrogen and oxygen atoms in total. The Morgan fingerprint density at radius 3 is 2.59 bits per heavy atom. The van der Waals surface area contributed by atoms with Crippen molar-refractivity contribution in [3.63, 3.8) is 0 Å². The van der Waals surface area contributed by atoms with Crippen molar-refractivity contribution in [3.8, 4) is 11.8 Å². The molecular formula is C25H22N2O2. The minimum absolute atomic E-state index is 0.0173. The normalized spacial score (nSPS) is 10.0. The maximum absolute atomic E-state index is 12.4. The Labute approximate surface area is 171 Å². The van der Waals surface area contributed by atoms with Crippen molar-refractivity contribution >= 4 is 17.4 Å². The number of ketones is 1. The van der Waals surface area contributed by atoms with Gasteiger partial charge < -0.3 is 5.32 Å². The van der Waals surface area contributed by atoms with Gasteiger partial charge in [-0.3, -0.25) is 9.59 Å². The molecule has 0 unspecified atom stereocenters. The lowest BCUT2D eigenvalue weighted by atomic mass is 9.99. The molecule has 3 rings (SSSR count). The number of rotatable bonds is 5. The van der Waals surface area contributed by atoms with Gasteiger partial charge in [-0.05, 0) is 61.7 Å². The maximum atomic E-state index is 12.4. The molecule has 0 bridgehead atoms. The summed E-state index contributed by atoms with van der Waals surface area (Å²) < 4.78 is 0. The first-order valence-corrected chi connectivity index (χ1v) is 9.45. The van der Waals surface area contributed by atoms with Crippen molar-refractivity contribution < 1.29 is 9.59 Å². The molecule has 29 heavy (non-hydrogen) atoms. The van der Waals surface area contributed by atoms with Crippen LogP contribution < -0.4 is 5.32 Å². The van der Waals surface area contributed by atoms with E-state index in [4.69, 9.17) is 0 Å². The Kier molecular flexibility index (Phi) is 6.55. The summed E-state index contributed by atoms with van der Waals surface area (Å²) in [5.74, 6) is 5.82. The highest BCUT2D eigenvalue weighted by atomic mass is 16.2. The third-order valence-electron chi connectivity index (χ3n) is 4.42. The van der Waals surface area contributed by atoms with Crippen LogP contribution in [0.5, 0.6) is 0 Å². The lowest BCUT2D eigenvalue weighted by molar-refractivity contribution is -0.116. The molecule has 144 valence electrons. The molecular weight excluding hydrogens is 360 g/mol. The van der Waals surface area contributed by atoms with Gasteiger partial charge in [0, 0.05) is 35.9 Å². The van der Waals surface area contributed by atoms with Crippen molar-refractivity contribution in [1.82, 2.24) is 4.98 Å². The highest BCUT2D eigenvalue weighted by Crippen LogP contribution is 2.15. The number of aromatic nitrogens is 1. The van der Waals surface area contributed by atoms with E-state index >= 15 is 0 Å². The molecule has 0 atom stereocenters. The van der Waals surface area contributed by atoms with Crippen molar-refractivity contribution in [2.45, 2.75) is 26.7 Å². The second kappa shape index (κ2) is 9.48. The first-order valence-electron chi connectivity index (χ1n) is 9.45. The van der Waals surface area contributed by atoms with E-state index < -0.39 is 0 Å². The maximum Gasteiger partial charge on any atom is 0.224 e. The Bertz CT molecular complexity index is 1090. The number of benzene rings is 2. The number of carbonyl (C=O) groups excluding carboxylic acids is 2. The van der Waals surface area contributed by atoms with E-state index in [9.17, 15) is 9.59 Å². The van der Waals surface area contributed by atoms with Gasteiger partial charge in [0.25, 0.3) is 0 Å². The van der Waals surface area contributed by atoms with Crippen LogP contribution in [0.15, 0.2) is 66.9 Å². The molecule has 1 aromatic heterocycles. The number of hydrogen-bond acceptors (Lipinski definition) is 3. The smallest absolute Gasteiger partial charge is 0.224 e. The van der Waals surface area contributed by atoms with Crippen molar-refractivity contribution in [3.05, 3.63) is 94.8 Å². The molecule has 3 aromatic rings. The number of nitrogens with one attached hydrogen (secondary N) is 1. The van der Waals surface area contributed by atoms with E-state index in [1.165, 1.54) is 0 Å². The predicted molar refractivity (Wildman–Crippen MR) is 115 cm³/mol. The minimum Gasteiger partial charge on any atom is -0.326 e. The SMILES string of the molecule is Cc1ccc(C)c(C(=O)CCC(=O)Nc2cccc(C#Cc3ccccn3)c2)c1. The first-order chi connectivity index (χ1) is 14.0. The molecule has 0 aliphatic rings. The average Bonchev–Trinajstić information content (AvgIpc) is 2.73. The van der Waals surface area contributed by atoms with E-state index in [-0.39, 0.29) is 24.5 Å². The lowest BCUT2D eigenvalue weighted by Crippen LogP contribution is -2.14. The van der Waals surface area contributed by atoms with Gasteiger partial charge in [-0.2, -0.15) is 0 Å². The summed E-state index contributed by atoms with van der Waals surface area (Å²) in [7, 11) is 0. The molecule has 0 spiro atoms. The number of aryl methyl sites for hydroxylation is 2. The van der Waals surface area contributed by atoms with Crippen LogP contribution in [-0.2, 0) is 4.79 Å². The Balaban J connectivity index is 1.59. The molecule has 0 radical (unpaired) electrons. The van der Waals surface area contributed by atoms with Gasteiger partial charge in [0.05, 0.1) is 0 Å². The predicted octanol–water partition coefficient (Wildman–Crippen LogP) is 4.70. The average molecular weight is 382 g/mol. The van der Waals surface area contributed by atoms with Crippen molar-refractivity contribution in [2.75, 3.05) is 5.32 Å². The molecule has 0 saturated carbocycles. The number of Topliss-reactive ketones (excluding diaryl/α,β-unsaturated/α-hetero) is 1. The quantitative estimate of drug-likeness (QED) is 0.514. The molecule has 0 aliphatic carbocycles. The van der Waals surface area contributed by atoms with E-state index in [2.05, 4.69) is 22.1 Å². The molecule has 4 heteroatoms. The molecule has 0 saturated heterocycles. The fraction of sp³-hybridized carbons (Fsp3) is 0.160. The number of hydrogen-bond donors (Lipinski definition) is 1. The van der Waals surface area contributed by atoms with E-state index in [0.29, 0.717) is 16.9 Å². The van der Waals surface area contributed by atoms with Gasteiger partial charge in [0.2, 0.25) is 5.91 Å². The topological polar surface area (TPSA) is 59.1 Å². The first kappa shape index (κ1) is 20.0. The fourth-order valence-electron chi connectivity index (χ4n) is 2.87. The third kappa shape index (κ3) is 5.88. The van der Waals surface area contributed by atoms with Gasteiger partial charge in [-0.25, -0.2) is 4.98 Å². The minimum atomic E-state index is -0.196. The Morgan fingerprint density at radius 2 is 1.79 bits per heavy atom. The zero-order chi connectivity index (χ0) is 20.6. The lowest BCUT2D eigenvalue weighted by Gasteiger charge is -2.07. The fourth-order valence-corrected chi connectivity index (χ4v) is 2.87. The summed E-state index contributed by atoms with van der Waals surface area (Å²) >= 11 is 0. The summed E-state index contributed by atoms with van der Waals surface area (Å²) in [4.78, 5) is 28.9.